The summed E-state index contributed by atoms with van der Waals surface area (Å²) >= 11 is 0. The fourth-order valence-electron chi connectivity index (χ4n) is 3.40. The smallest absolute Gasteiger partial charge is 0.293 e. The summed E-state index contributed by atoms with van der Waals surface area (Å²) in [5, 5.41) is 14.7. The van der Waals surface area contributed by atoms with Crippen LogP contribution in [0.15, 0.2) is 54.9 Å². The minimum Gasteiger partial charge on any atom is -0.497 e. The van der Waals surface area contributed by atoms with Crippen molar-refractivity contribution in [2.45, 2.75) is 25.6 Å². The number of carbonyl (C=O) groups excluding carboxylic acids is 1. The molecule has 1 unspecified atom stereocenters. The Hall–Kier alpha value is -3.19. The van der Waals surface area contributed by atoms with Gasteiger partial charge in [-0.05, 0) is 35.2 Å². The summed E-state index contributed by atoms with van der Waals surface area (Å²) in [7, 11) is 1.60. The molecule has 0 radical (unpaired) electrons. The zero-order valence-electron chi connectivity index (χ0n) is 15.7. The van der Waals surface area contributed by atoms with Crippen molar-refractivity contribution >= 4 is 5.91 Å². The first-order valence-corrected chi connectivity index (χ1v) is 9.21. The maximum absolute atomic E-state index is 12.8. The Labute approximate surface area is 163 Å². The van der Waals surface area contributed by atoms with E-state index in [1.165, 1.54) is 16.6 Å². The number of amides is 1. The van der Waals surface area contributed by atoms with Crippen LogP contribution in [0, 0.1) is 0 Å². The van der Waals surface area contributed by atoms with Crippen LogP contribution in [0.1, 0.15) is 33.4 Å². The topological polar surface area (TPSA) is 80.5 Å². The fraction of sp³-hybridized carbons (Fsp3) is 0.286. The van der Waals surface area contributed by atoms with Crippen molar-refractivity contribution in [3.05, 3.63) is 77.4 Å². The van der Waals surface area contributed by atoms with E-state index in [1.807, 2.05) is 18.2 Å². The highest BCUT2D eigenvalue weighted by atomic mass is 16.5. The summed E-state index contributed by atoms with van der Waals surface area (Å²) in [5.74, 6) is 0.696. The summed E-state index contributed by atoms with van der Waals surface area (Å²) in [6.07, 6.45) is 1.56. The molecule has 1 atom stereocenters. The van der Waals surface area contributed by atoms with Crippen molar-refractivity contribution in [2.75, 3.05) is 13.7 Å². The van der Waals surface area contributed by atoms with E-state index in [-0.39, 0.29) is 18.3 Å². The second-order valence-corrected chi connectivity index (χ2v) is 6.82. The lowest BCUT2D eigenvalue weighted by molar-refractivity contribution is 0.0720. The molecule has 1 N–H and O–H groups in total. The molecule has 7 nitrogen and oxygen atoms in total. The fourth-order valence-corrected chi connectivity index (χ4v) is 3.40. The van der Waals surface area contributed by atoms with Crippen LogP contribution in [-0.4, -0.2) is 44.3 Å². The summed E-state index contributed by atoms with van der Waals surface area (Å²) in [6, 6.07) is 15.4. The van der Waals surface area contributed by atoms with Crippen LogP contribution in [-0.2, 0) is 19.5 Å². The SMILES string of the molecule is COc1ccc(C(O)Cn2cnc(C(=O)N3CCc4ccccc4C3)n2)cc1. The Bertz CT molecular complexity index is 968. The molecule has 0 aliphatic carbocycles. The van der Waals surface area contributed by atoms with Gasteiger partial charge in [0.05, 0.1) is 19.8 Å². The number of carbonyl (C=O) groups is 1. The zero-order valence-corrected chi connectivity index (χ0v) is 15.7. The zero-order chi connectivity index (χ0) is 19.5. The van der Waals surface area contributed by atoms with E-state index in [1.54, 1.807) is 36.3 Å². The predicted octanol–water partition coefficient (Wildman–Crippen LogP) is 2.22. The van der Waals surface area contributed by atoms with Gasteiger partial charge in [0, 0.05) is 13.1 Å². The van der Waals surface area contributed by atoms with Crippen molar-refractivity contribution in [2.24, 2.45) is 0 Å². The van der Waals surface area contributed by atoms with Crippen molar-refractivity contribution in [3.63, 3.8) is 0 Å². The molecule has 144 valence electrons. The maximum atomic E-state index is 12.8. The molecular formula is C21H22N4O3. The third-order valence-electron chi connectivity index (χ3n) is 5.01. The molecule has 4 rings (SSSR count). The van der Waals surface area contributed by atoms with E-state index in [0.29, 0.717) is 13.1 Å². The second-order valence-electron chi connectivity index (χ2n) is 6.82. The van der Waals surface area contributed by atoms with E-state index >= 15 is 0 Å². The van der Waals surface area contributed by atoms with E-state index in [0.717, 1.165) is 23.3 Å². The number of nitrogens with zero attached hydrogens (tertiary/aromatic N) is 4. The third-order valence-corrected chi connectivity index (χ3v) is 5.01. The Morgan fingerprint density at radius 1 is 1.18 bits per heavy atom. The largest absolute Gasteiger partial charge is 0.497 e. The highest BCUT2D eigenvalue weighted by molar-refractivity contribution is 5.90. The second kappa shape index (κ2) is 7.82. The maximum Gasteiger partial charge on any atom is 0.293 e. The number of rotatable bonds is 5. The molecule has 0 spiro atoms. The molecule has 0 bridgehead atoms. The van der Waals surface area contributed by atoms with E-state index in [4.69, 9.17) is 4.74 Å². The number of aromatic nitrogens is 3. The van der Waals surface area contributed by atoms with Gasteiger partial charge in [-0.15, -0.1) is 5.10 Å². The molecule has 1 aliphatic rings. The summed E-state index contributed by atoms with van der Waals surface area (Å²) in [6.45, 7) is 1.44. The van der Waals surface area contributed by atoms with Gasteiger partial charge in [0.2, 0.25) is 5.82 Å². The minimum absolute atomic E-state index is 0.154. The van der Waals surface area contributed by atoms with Crippen molar-refractivity contribution in [1.29, 1.82) is 0 Å². The Morgan fingerprint density at radius 2 is 1.93 bits per heavy atom. The molecule has 0 saturated carbocycles. The quantitative estimate of drug-likeness (QED) is 0.736. The lowest BCUT2D eigenvalue weighted by atomic mass is 10.00. The van der Waals surface area contributed by atoms with Gasteiger partial charge in [-0.1, -0.05) is 36.4 Å². The summed E-state index contributed by atoms with van der Waals surface area (Å²) < 4.78 is 6.63. The van der Waals surface area contributed by atoms with Crippen molar-refractivity contribution in [3.8, 4) is 5.75 Å². The Morgan fingerprint density at radius 3 is 2.68 bits per heavy atom. The number of aliphatic hydroxyl groups excluding tert-OH is 1. The van der Waals surface area contributed by atoms with Crippen LogP contribution in [0.25, 0.3) is 0 Å². The van der Waals surface area contributed by atoms with E-state index in [9.17, 15) is 9.90 Å². The lowest BCUT2D eigenvalue weighted by Gasteiger charge is -2.27. The molecular weight excluding hydrogens is 356 g/mol. The molecule has 0 saturated heterocycles. The predicted molar refractivity (Wildman–Crippen MR) is 103 cm³/mol. The number of methoxy groups -OCH3 is 1. The number of fused-ring (bicyclic) bond motifs is 1. The highest BCUT2D eigenvalue weighted by Gasteiger charge is 2.24. The van der Waals surface area contributed by atoms with Gasteiger partial charge in [-0.3, -0.25) is 4.79 Å². The minimum atomic E-state index is -0.752. The molecule has 28 heavy (non-hydrogen) atoms. The number of hydrogen-bond donors (Lipinski definition) is 1. The Balaban J connectivity index is 1.41. The third kappa shape index (κ3) is 3.75. The molecule has 2 aromatic carbocycles. The molecule has 1 aromatic heterocycles. The van der Waals surface area contributed by atoms with E-state index < -0.39 is 6.10 Å². The van der Waals surface area contributed by atoms with Crippen LogP contribution < -0.4 is 4.74 Å². The van der Waals surface area contributed by atoms with Gasteiger partial charge in [-0.2, -0.15) is 0 Å². The van der Waals surface area contributed by atoms with Crippen LogP contribution in [0.4, 0.5) is 0 Å². The highest BCUT2D eigenvalue weighted by Crippen LogP contribution is 2.21. The molecule has 2 heterocycles. The standard InChI is InChI=1S/C21H22N4O3/c1-28-18-8-6-16(7-9-18)19(26)13-25-14-22-20(23-25)21(27)24-11-10-15-4-2-3-5-17(15)12-24/h2-9,14,19,26H,10-13H2,1H3. The molecule has 7 heteroatoms. The number of aliphatic hydroxyl groups is 1. The van der Waals surface area contributed by atoms with Crippen LogP contribution in [0.2, 0.25) is 0 Å². The van der Waals surface area contributed by atoms with Crippen LogP contribution in [0.3, 0.4) is 0 Å². The Kier molecular flexibility index (Phi) is 5.08. The van der Waals surface area contributed by atoms with Gasteiger partial charge in [0.15, 0.2) is 0 Å². The molecule has 3 aromatic rings. The normalized spacial score (nSPS) is 14.4. The number of benzene rings is 2. The lowest BCUT2D eigenvalue weighted by Crippen LogP contribution is -2.36. The first-order valence-electron chi connectivity index (χ1n) is 9.21. The molecule has 1 aliphatic heterocycles. The molecule has 0 fully saturated rings. The number of hydrogen-bond acceptors (Lipinski definition) is 5. The summed E-state index contributed by atoms with van der Waals surface area (Å²) in [4.78, 5) is 18.7. The number of ether oxygens (including phenoxy) is 1. The van der Waals surface area contributed by atoms with Gasteiger partial charge in [0.1, 0.15) is 12.1 Å². The first kappa shape index (κ1) is 18.2. The average molecular weight is 378 g/mol. The molecule has 1 amide bonds. The van der Waals surface area contributed by atoms with Crippen molar-refractivity contribution < 1.29 is 14.6 Å². The van der Waals surface area contributed by atoms with Gasteiger partial charge in [0.25, 0.3) is 5.91 Å². The summed E-state index contributed by atoms with van der Waals surface area (Å²) in [5.41, 5.74) is 3.20. The first-order chi connectivity index (χ1) is 13.6. The van der Waals surface area contributed by atoms with Gasteiger partial charge in [-0.25, -0.2) is 9.67 Å². The monoisotopic (exact) mass is 378 g/mol. The van der Waals surface area contributed by atoms with Gasteiger partial charge < -0.3 is 14.7 Å². The van der Waals surface area contributed by atoms with E-state index in [2.05, 4.69) is 16.1 Å². The van der Waals surface area contributed by atoms with Crippen molar-refractivity contribution in [1.82, 2.24) is 19.7 Å². The average Bonchev–Trinajstić information content (AvgIpc) is 3.21. The van der Waals surface area contributed by atoms with Crippen LogP contribution >= 0.6 is 0 Å². The van der Waals surface area contributed by atoms with Crippen LogP contribution in [0.5, 0.6) is 5.75 Å². The van der Waals surface area contributed by atoms with Gasteiger partial charge >= 0.3 is 0 Å².